The number of nitrogens with one attached hydrogen (secondary N) is 2. The van der Waals surface area contributed by atoms with Crippen LogP contribution in [-0.2, 0) is 20.8 Å². The van der Waals surface area contributed by atoms with Gasteiger partial charge in [0, 0.05) is 25.3 Å². The zero-order chi connectivity index (χ0) is 29.8. The van der Waals surface area contributed by atoms with Gasteiger partial charge in [-0.25, -0.2) is 0 Å². The Kier molecular flexibility index (Phi) is 11.9. The number of halogens is 1. The summed E-state index contributed by atoms with van der Waals surface area (Å²) in [6.45, 7) is 0.268. The first-order valence-electron chi connectivity index (χ1n) is 13.2. The summed E-state index contributed by atoms with van der Waals surface area (Å²) in [5, 5.41) is 15.3. The van der Waals surface area contributed by atoms with Crippen LogP contribution < -0.4 is 27.8 Å². The van der Waals surface area contributed by atoms with Crippen LogP contribution >= 0.6 is 22.6 Å². The lowest BCUT2D eigenvalue weighted by atomic mass is 9.88. The van der Waals surface area contributed by atoms with Crippen LogP contribution in [0.1, 0.15) is 41.9 Å². The first-order chi connectivity index (χ1) is 19.6. The first-order valence-corrected chi connectivity index (χ1v) is 14.2. The molecule has 0 aliphatic rings. The number of rotatable bonds is 14. The highest BCUT2D eigenvalue weighted by Crippen LogP contribution is 2.28. The van der Waals surface area contributed by atoms with Crippen molar-refractivity contribution < 1.29 is 19.5 Å². The van der Waals surface area contributed by atoms with Crippen molar-refractivity contribution in [3.05, 3.63) is 99.1 Å². The quantitative estimate of drug-likeness (QED) is 0.0661. The summed E-state index contributed by atoms with van der Waals surface area (Å²) in [5.41, 5.74) is 19.1. The van der Waals surface area contributed by atoms with E-state index in [1.165, 1.54) is 6.07 Å². The number of phenols is 1. The molecule has 0 saturated heterocycles. The van der Waals surface area contributed by atoms with E-state index in [9.17, 15) is 19.5 Å². The molecule has 10 nitrogen and oxygen atoms in total. The van der Waals surface area contributed by atoms with Crippen molar-refractivity contribution in [3.8, 4) is 5.75 Å². The fourth-order valence-electron chi connectivity index (χ4n) is 4.42. The largest absolute Gasteiger partial charge is 0.507 e. The average Bonchev–Trinajstić information content (AvgIpc) is 2.95. The van der Waals surface area contributed by atoms with E-state index < -0.39 is 23.9 Å². The molecule has 3 aromatic carbocycles. The van der Waals surface area contributed by atoms with Gasteiger partial charge in [-0.15, -0.1) is 0 Å². The Morgan fingerprint density at radius 3 is 2.00 bits per heavy atom. The Balaban J connectivity index is 1.77. The van der Waals surface area contributed by atoms with E-state index in [0.717, 1.165) is 11.1 Å². The molecule has 0 saturated carbocycles. The third-order valence-corrected chi connectivity index (χ3v) is 7.37. The molecule has 0 aliphatic carbocycles. The summed E-state index contributed by atoms with van der Waals surface area (Å²) in [6.07, 6.45) is 0.875. The van der Waals surface area contributed by atoms with Gasteiger partial charge in [0.25, 0.3) is 0 Å². The molecule has 3 aromatic rings. The molecule has 0 radical (unpaired) electrons. The molecule has 0 aromatic heterocycles. The van der Waals surface area contributed by atoms with Crippen molar-refractivity contribution in [1.82, 2.24) is 10.6 Å². The summed E-state index contributed by atoms with van der Waals surface area (Å²) in [6, 6.07) is 22.3. The van der Waals surface area contributed by atoms with E-state index in [0.29, 0.717) is 15.6 Å². The smallest absolute Gasteiger partial charge is 0.243 e. The number of aliphatic imine (C=N–C) groups is 1. The number of benzene rings is 3. The highest BCUT2D eigenvalue weighted by atomic mass is 127. The van der Waals surface area contributed by atoms with Gasteiger partial charge in [0.15, 0.2) is 5.96 Å². The second-order valence-corrected chi connectivity index (χ2v) is 10.8. The number of guanidine groups is 1. The van der Waals surface area contributed by atoms with Gasteiger partial charge in [0.2, 0.25) is 17.7 Å². The zero-order valence-corrected chi connectivity index (χ0v) is 24.7. The molecule has 0 bridgehead atoms. The van der Waals surface area contributed by atoms with Gasteiger partial charge in [-0.1, -0.05) is 66.7 Å². The maximum Gasteiger partial charge on any atom is 0.243 e. The van der Waals surface area contributed by atoms with Crippen LogP contribution in [-0.4, -0.2) is 47.4 Å². The lowest BCUT2D eigenvalue weighted by Gasteiger charge is -2.24. The predicted molar refractivity (Wildman–Crippen MR) is 167 cm³/mol. The van der Waals surface area contributed by atoms with Crippen LogP contribution in [0.4, 0.5) is 0 Å². The average molecular weight is 671 g/mol. The van der Waals surface area contributed by atoms with Crippen molar-refractivity contribution in [3.63, 3.8) is 0 Å². The third kappa shape index (κ3) is 10.1. The van der Waals surface area contributed by atoms with E-state index in [1.807, 2.05) is 83.3 Å². The van der Waals surface area contributed by atoms with E-state index >= 15 is 0 Å². The van der Waals surface area contributed by atoms with Crippen molar-refractivity contribution in [2.75, 3.05) is 6.54 Å². The molecule has 0 aliphatic heterocycles. The van der Waals surface area contributed by atoms with Gasteiger partial charge in [0.1, 0.15) is 17.8 Å². The van der Waals surface area contributed by atoms with E-state index in [2.05, 4.69) is 15.6 Å². The molecule has 11 heteroatoms. The first kappa shape index (κ1) is 31.4. The third-order valence-electron chi connectivity index (χ3n) is 6.50. The fourth-order valence-corrected chi connectivity index (χ4v) is 5.00. The second-order valence-electron chi connectivity index (χ2n) is 9.60. The molecule has 0 fully saturated rings. The van der Waals surface area contributed by atoms with E-state index in [-0.39, 0.29) is 49.3 Å². The Bertz CT molecular complexity index is 1310. The minimum atomic E-state index is -1.03. The molecule has 0 spiro atoms. The SMILES string of the molecule is NC(=O)[C@H](Cc1ccc(O)c(I)c1)NC(=O)[C@@H](CCCN=C(N)N)NC(=O)CC(c1ccccc1)c1ccccc1. The Morgan fingerprint density at radius 1 is 0.854 bits per heavy atom. The molecule has 9 N–H and O–H groups in total. The van der Waals surface area contributed by atoms with Crippen LogP contribution in [0.2, 0.25) is 0 Å². The topological polar surface area (TPSA) is 186 Å². The van der Waals surface area contributed by atoms with Gasteiger partial charge >= 0.3 is 0 Å². The number of carbonyl (C=O) groups is 3. The molecule has 3 rings (SSSR count). The summed E-state index contributed by atoms with van der Waals surface area (Å²) < 4.78 is 0.603. The van der Waals surface area contributed by atoms with Crippen LogP contribution in [0.15, 0.2) is 83.9 Å². The number of nitrogens with zero attached hydrogens (tertiary/aromatic N) is 1. The van der Waals surface area contributed by atoms with Crippen LogP contribution in [0.25, 0.3) is 0 Å². The van der Waals surface area contributed by atoms with Gasteiger partial charge in [0.05, 0.1) is 3.57 Å². The number of primary amides is 1. The van der Waals surface area contributed by atoms with Gasteiger partial charge < -0.3 is 32.9 Å². The van der Waals surface area contributed by atoms with Crippen molar-refractivity contribution >= 4 is 46.3 Å². The lowest BCUT2D eigenvalue weighted by Crippen LogP contribution is -2.53. The van der Waals surface area contributed by atoms with Crippen LogP contribution in [0, 0.1) is 3.57 Å². The summed E-state index contributed by atoms with van der Waals surface area (Å²) >= 11 is 1.97. The van der Waals surface area contributed by atoms with Crippen LogP contribution in [0.3, 0.4) is 0 Å². The molecule has 3 amide bonds. The number of nitrogens with two attached hydrogens (primary N) is 3. The number of phenolic OH excluding ortho intramolecular Hbond substituents is 1. The Hall–Kier alpha value is -4.13. The van der Waals surface area contributed by atoms with Crippen molar-refractivity contribution in [1.29, 1.82) is 0 Å². The zero-order valence-electron chi connectivity index (χ0n) is 22.5. The number of aromatic hydroxyl groups is 1. The molecular weight excluding hydrogens is 635 g/mol. The Labute approximate surface area is 252 Å². The monoisotopic (exact) mass is 670 g/mol. The number of carbonyl (C=O) groups excluding carboxylic acids is 3. The minimum absolute atomic E-state index is 0.0686. The lowest BCUT2D eigenvalue weighted by molar-refractivity contribution is -0.131. The van der Waals surface area contributed by atoms with Gasteiger partial charge in [-0.2, -0.15) is 0 Å². The highest BCUT2D eigenvalue weighted by Gasteiger charge is 2.27. The molecule has 216 valence electrons. The minimum Gasteiger partial charge on any atom is -0.507 e. The molecule has 0 unspecified atom stereocenters. The molecule has 2 atom stereocenters. The van der Waals surface area contributed by atoms with Gasteiger partial charge in [-0.05, 0) is 64.3 Å². The summed E-state index contributed by atoms with van der Waals surface area (Å²) in [5.74, 6) is -1.77. The number of amides is 3. The molecule has 41 heavy (non-hydrogen) atoms. The van der Waals surface area contributed by atoms with Crippen LogP contribution in [0.5, 0.6) is 5.75 Å². The number of hydrogen-bond donors (Lipinski definition) is 6. The maximum absolute atomic E-state index is 13.4. The number of hydrogen-bond acceptors (Lipinski definition) is 5. The Morgan fingerprint density at radius 2 is 1.46 bits per heavy atom. The van der Waals surface area contributed by atoms with E-state index in [4.69, 9.17) is 17.2 Å². The van der Waals surface area contributed by atoms with Crippen molar-refractivity contribution in [2.24, 2.45) is 22.2 Å². The molecular formula is C30H35IN6O4. The fraction of sp³-hybridized carbons (Fsp3) is 0.267. The standard InChI is InChI=1S/C30H35IN6O4/c31-23-16-19(13-14-26(23)38)17-25(28(32)40)37-29(41)24(12-7-15-35-30(33)34)36-27(39)18-22(20-8-3-1-4-9-20)21-10-5-2-6-11-21/h1-6,8-11,13-14,16,22,24-25,38H,7,12,15,17-18H2,(H2,32,40)(H,36,39)(H,37,41)(H4,33,34,35)/t24-,25+/m1/s1. The summed E-state index contributed by atoms with van der Waals surface area (Å²) in [7, 11) is 0. The van der Waals surface area contributed by atoms with E-state index in [1.54, 1.807) is 12.1 Å². The second kappa shape index (κ2) is 15.6. The highest BCUT2D eigenvalue weighted by molar-refractivity contribution is 14.1. The summed E-state index contributed by atoms with van der Waals surface area (Å²) in [4.78, 5) is 43.0. The van der Waals surface area contributed by atoms with Crippen molar-refractivity contribution in [2.45, 2.75) is 43.7 Å². The predicted octanol–water partition coefficient (Wildman–Crippen LogP) is 2.27. The normalized spacial score (nSPS) is 12.2. The molecule has 0 heterocycles. The van der Waals surface area contributed by atoms with Gasteiger partial charge in [-0.3, -0.25) is 19.4 Å². The maximum atomic E-state index is 13.4.